The Balaban J connectivity index is 1.63. The van der Waals surface area contributed by atoms with Gasteiger partial charge >= 0.3 is 0 Å². The van der Waals surface area contributed by atoms with Gasteiger partial charge in [0.2, 0.25) is 10.0 Å². The van der Waals surface area contributed by atoms with Crippen LogP contribution in [0.2, 0.25) is 0 Å². The van der Waals surface area contributed by atoms with E-state index in [9.17, 15) is 22.0 Å². The van der Waals surface area contributed by atoms with Gasteiger partial charge in [-0.3, -0.25) is 4.79 Å². The van der Waals surface area contributed by atoms with Crippen molar-refractivity contribution in [3.8, 4) is 0 Å². The molecule has 1 atom stereocenters. The third-order valence-electron chi connectivity index (χ3n) is 5.26. The molecule has 10 heteroatoms. The van der Waals surface area contributed by atoms with E-state index in [2.05, 4.69) is 15.0 Å². The van der Waals surface area contributed by atoms with Crippen molar-refractivity contribution in [3.63, 3.8) is 0 Å². The average Bonchev–Trinajstić information content (AvgIpc) is 3.09. The zero-order chi connectivity index (χ0) is 22.3. The van der Waals surface area contributed by atoms with Gasteiger partial charge in [-0.2, -0.15) is 0 Å². The number of sulfonamides is 1. The lowest BCUT2D eigenvalue weighted by Gasteiger charge is -2.12. The lowest BCUT2D eigenvalue weighted by Crippen LogP contribution is -2.31. The number of nitrogens with zero attached hydrogens (tertiary/aromatic N) is 1. The van der Waals surface area contributed by atoms with Crippen molar-refractivity contribution in [1.82, 2.24) is 14.6 Å². The lowest BCUT2D eigenvalue weighted by atomic mass is 10.0. The average molecular weight is 448 g/mol. The van der Waals surface area contributed by atoms with Crippen LogP contribution in [0.1, 0.15) is 17.2 Å². The Morgan fingerprint density at radius 2 is 1.94 bits per heavy atom. The van der Waals surface area contributed by atoms with E-state index in [0.717, 1.165) is 6.07 Å². The number of anilines is 1. The molecule has 0 fully saturated rings. The fraction of sp³-hybridized carbons (Fsp3) is 0.286. The first-order valence-electron chi connectivity index (χ1n) is 9.70. The summed E-state index contributed by atoms with van der Waals surface area (Å²) in [5, 5.41) is 3.61. The predicted molar refractivity (Wildman–Crippen MR) is 115 cm³/mol. The molecule has 31 heavy (non-hydrogen) atoms. The summed E-state index contributed by atoms with van der Waals surface area (Å²) in [7, 11) is -0.412. The fourth-order valence-corrected chi connectivity index (χ4v) is 4.81. The summed E-state index contributed by atoms with van der Waals surface area (Å²) in [5.74, 6) is -1.30. The highest BCUT2D eigenvalue weighted by molar-refractivity contribution is 7.89. The Morgan fingerprint density at radius 1 is 1.16 bits per heavy atom. The van der Waals surface area contributed by atoms with Crippen LogP contribution in [0.5, 0.6) is 0 Å². The Bertz CT molecular complexity index is 1320. The molecular formula is C21H22F2N4O3S. The number of aromatic amines is 1. The number of likely N-dealkylation sites (N-methyl/N-ethyl adjacent to an activating group) is 1. The molecule has 1 aliphatic rings. The molecule has 1 aliphatic heterocycles. The van der Waals surface area contributed by atoms with E-state index in [1.807, 2.05) is 4.90 Å². The molecule has 0 radical (unpaired) electrons. The number of rotatable bonds is 6. The monoisotopic (exact) mass is 448 g/mol. The number of fused-ring (bicyclic) bond motifs is 2. The van der Waals surface area contributed by atoms with Crippen LogP contribution in [-0.2, 0) is 16.4 Å². The van der Waals surface area contributed by atoms with E-state index in [4.69, 9.17) is 0 Å². The molecule has 2 heterocycles. The molecule has 1 aromatic heterocycles. The van der Waals surface area contributed by atoms with Crippen molar-refractivity contribution in [2.75, 3.05) is 32.5 Å². The molecule has 7 nitrogen and oxygen atoms in total. The van der Waals surface area contributed by atoms with Crippen molar-refractivity contribution < 1.29 is 17.2 Å². The Morgan fingerprint density at radius 3 is 2.68 bits per heavy atom. The minimum absolute atomic E-state index is 0.149. The third kappa shape index (κ3) is 4.32. The van der Waals surface area contributed by atoms with E-state index in [1.54, 1.807) is 20.2 Å². The quantitative estimate of drug-likeness (QED) is 0.538. The highest BCUT2D eigenvalue weighted by Crippen LogP contribution is 2.36. The molecule has 2 aromatic carbocycles. The number of H-pyrrole nitrogens is 1. The first-order chi connectivity index (χ1) is 14.6. The molecule has 3 N–H and O–H groups in total. The summed E-state index contributed by atoms with van der Waals surface area (Å²) in [6.45, 7) is 0.622. The van der Waals surface area contributed by atoms with Gasteiger partial charge < -0.3 is 15.2 Å². The van der Waals surface area contributed by atoms with Crippen molar-refractivity contribution in [2.45, 2.75) is 17.4 Å². The van der Waals surface area contributed by atoms with Crippen LogP contribution in [0.15, 0.2) is 46.1 Å². The van der Waals surface area contributed by atoms with Crippen molar-refractivity contribution in [1.29, 1.82) is 0 Å². The maximum Gasteiger partial charge on any atom is 0.253 e. The first kappa shape index (κ1) is 21.4. The standard InChI is InChI=1S/C21H22F2N4O3S/c1-27(2)6-5-24-31(29,30)20-10-13-9-19(25-18(13)11-16(20)23)15-8-12-7-14(22)3-4-17(12)26-21(15)28/h3-4,7-8,10-11,19,24-25H,5-6,9H2,1-2H3,(H,26,28). The van der Waals surface area contributed by atoms with Crippen LogP contribution in [-0.4, -0.2) is 45.5 Å². The van der Waals surface area contributed by atoms with Crippen LogP contribution in [0, 0.1) is 11.6 Å². The van der Waals surface area contributed by atoms with Crippen LogP contribution in [0.3, 0.4) is 0 Å². The van der Waals surface area contributed by atoms with Crippen LogP contribution >= 0.6 is 0 Å². The van der Waals surface area contributed by atoms with Crippen LogP contribution in [0.4, 0.5) is 14.5 Å². The number of benzene rings is 2. The van der Waals surface area contributed by atoms with E-state index in [-0.39, 0.29) is 12.1 Å². The van der Waals surface area contributed by atoms with Gasteiger partial charge in [0.05, 0.1) is 6.04 Å². The third-order valence-corrected chi connectivity index (χ3v) is 6.74. The number of halogens is 2. The smallest absolute Gasteiger partial charge is 0.253 e. The van der Waals surface area contributed by atoms with Gasteiger partial charge in [-0.1, -0.05) is 0 Å². The Kier molecular flexibility index (Phi) is 5.54. The van der Waals surface area contributed by atoms with Crippen molar-refractivity contribution in [3.05, 3.63) is 69.5 Å². The number of pyridine rings is 1. The summed E-state index contributed by atoms with van der Waals surface area (Å²) >= 11 is 0. The van der Waals surface area contributed by atoms with Gasteiger partial charge in [0, 0.05) is 35.2 Å². The van der Waals surface area contributed by atoms with E-state index < -0.39 is 32.6 Å². The minimum atomic E-state index is -4.02. The van der Waals surface area contributed by atoms with Gasteiger partial charge in [0.15, 0.2) is 0 Å². The minimum Gasteiger partial charge on any atom is -0.377 e. The number of hydrogen-bond donors (Lipinski definition) is 3. The fourth-order valence-electron chi connectivity index (χ4n) is 3.69. The molecule has 0 aliphatic carbocycles. The van der Waals surface area contributed by atoms with Gasteiger partial charge in [-0.05, 0) is 62.5 Å². The number of nitrogens with one attached hydrogen (secondary N) is 3. The summed E-state index contributed by atoms with van der Waals surface area (Å²) in [5.41, 5.74) is 1.53. The van der Waals surface area contributed by atoms with Crippen LogP contribution < -0.4 is 15.6 Å². The van der Waals surface area contributed by atoms with E-state index >= 15 is 0 Å². The summed E-state index contributed by atoms with van der Waals surface area (Å²) in [6, 6.07) is 7.60. The Labute approximate surface area is 178 Å². The highest BCUT2D eigenvalue weighted by Gasteiger charge is 2.29. The SMILES string of the molecule is CN(C)CCNS(=O)(=O)c1cc2c(cc1F)NC(c1cc3cc(F)ccc3[nH]c1=O)C2. The van der Waals surface area contributed by atoms with Crippen molar-refractivity contribution in [2.24, 2.45) is 0 Å². The largest absolute Gasteiger partial charge is 0.377 e. The summed E-state index contributed by atoms with van der Waals surface area (Å²) in [6.07, 6.45) is 0.291. The molecule has 3 aromatic rings. The maximum atomic E-state index is 14.6. The molecule has 0 bridgehead atoms. The van der Waals surface area contributed by atoms with E-state index in [0.29, 0.717) is 40.7 Å². The Hall–Kier alpha value is -2.82. The van der Waals surface area contributed by atoms with Gasteiger partial charge in [-0.25, -0.2) is 21.9 Å². The number of hydrogen-bond acceptors (Lipinski definition) is 5. The van der Waals surface area contributed by atoms with Gasteiger partial charge in [0.25, 0.3) is 5.56 Å². The number of aromatic nitrogens is 1. The molecule has 0 amide bonds. The second kappa shape index (κ2) is 8.03. The van der Waals surface area contributed by atoms with Gasteiger partial charge in [0.1, 0.15) is 16.5 Å². The van der Waals surface area contributed by atoms with Gasteiger partial charge in [-0.15, -0.1) is 0 Å². The molecule has 0 saturated heterocycles. The topological polar surface area (TPSA) is 94.3 Å². The first-order valence-corrected chi connectivity index (χ1v) is 11.2. The zero-order valence-electron chi connectivity index (χ0n) is 17.0. The maximum absolute atomic E-state index is 14.6. The normalized spacial score (nSPS) is 16.0. The highest BCUT2D eigenvalue weighted by atomic mass is 32.2. The lowest BCUT2D eigenvalue weighted by molar-refractivity contribution is 0.412. The van der Waals surface area contributed by atoms with Crippen molar-refractivity contribution >= 4 is 26.6 Å². The predicted octanol–water partition coefficient (Wildman–Crippen LogP) is 2.36. The molecule has 0 spiro atoms. The van der Waals surface area contributed by atoms with Crippen LogP contribution in [0.25, 0.3) is 10.9 Å². The molecule has 4 rings (SSSR count). The molecule has 0 saturated carbocycles. The second-order valence-electron chi connectivity index (χ2n) is 7.83. The second-order valence-corrected chi connectivity index (χ2v) is 9.56. The zero-order valence-corrected chi connectivity index (χ0v) is 17.8. The summed E-state index contributed by atoms with van der Waals surface area (Å²) < 4.78 is 55.7. The summed E-state index contributed by atoms with van der Waals surface area (Å²) in [4.78, 5) is 16.7. The molecule has 1 unspecified atom stereocenters. The molecule has 164 valence electrons. The molecular weight excluding hydrogens is 426 g/mol. The van der Waals surface area contributed by atoms with E-state index in [1.165, 1.54) is 24.3 Å².